The molecular weight excluding hydrogens is 380 g/mol. The number of carbonyl (C=O) groups is 1. The summed E-state index contributed by atoms with van der Waals surface area (Å²) in [4.78, 5) is 12.5. The summed E-state index contributed by atoms with van der Waals surface area (Å²) >= 11 is 0. The largest absolute Gasteiger partial charge is 0.379 e. The van der Waals surface area contributed by atoms with E-state index in [9.17, 15) is 13.2 Å². The predicted molar refractivity (Wildman–Crippen MR) is 102 cm³/mol. The fourth-order valence-electron chi connectivity index (χ4n) is 3.06. The lowest BCUT2D eigenvalue weighted by atomic mass is 10.2. The van der Waals surface area contributed by atoms with E-state index in [1.165, 1.54) is 28.6 Å². The van der Waals surface area contributed by atoms with Gasteiger partial charge in [-0.3, -0.25) is 4.79 Å². The van der Waals surface area contributed by atoms with Crippen molar-refractivity contribution >= 4 is 21.4 Å². The van der Waals surface area contributed by atoms with Crippen molar-refractivity contribution in [1.82, 2.24) is 19.2 Å². The molecule has 0 atom stereocenters. The van der Waals surface area contributed by atoms with Crippen LogP contribution in [0.5, 0.6) is 0 Å². The van der Waals surface area contributed by atoms with Crippen LogP contribution >= 0.6 is 0 Å². The Hall–Kier alpha value is -2.75. The first-order valence-corrected chi connectivity index (χ1v) is 10.4. The van der Waals surface area contributed by atoms with Gasteiger partial charge in [-0.05, 0) is 42.5 Å². The minimum atomic E-state index is -3.57. The first kappa shape index (κ1) is 18.6. The van der Waals surface area contributed by atoms with Crippen molar-refractivity contribution in [1.29, 1.82) is 0 Å². The highest BCUT2D eigenvalue weighted by molar-refractivity contribution is 7.89. The standard InChI is InChI=1S/C19H20N4O4S/c24-19(20-14-16-13-17-3-1-2-8-23(17)21-16)15-4-6-18(7-5-15)28(25,26)22-9-11-27-12-10-22/h1-8,13H,9-12,14H2,(H,20,24). The lowest BCUT2D eigenvalue weighted by molar-refractivity contribution is 0.0730. The van der Waals surface area contributed by atoms with E-state index < -0.39 is 10.0 Å². The molecular formula is C19H20N4O4S. The summed E-state index contributed by atoms with van der Waals surface area (Å²) in [5, 5.41) is 7.19. The zero-order valence-electron chi connectivity index (χ0n) is 15.1. The Morgan fingerprint density at radius 1 is 1.11 bits per heavy atom. The average molecular weight is 400 g/mol. The first-order chi connectivity index (χ1) is 13.5. The van der Waals surface area contributed by atoms with E-state index in [0.717, 1.165) is 11.2 Å². The summed E-state index contributed by atoms with van der Waals surface area (Å²) in [7, 11) is -3.57. The van der Waals surface area contributed by atoms with Crippen molar-refractivity contribution in [3.63, 3.8) is 0 Å². The van der Waals surface area contributed by atoms with Crippen molar-refractivity contribution in [2.45, 2.75) is 11.4 Å². The maximum absolute atomic E-state index is 12.6. The summed E-state index contributed by atoms with van der Waals surface area (Å²) in [5.41, 5.74) is 2.08. The van der Waals surface area contributed by atoms with Crippen molar-refractivity contribution in [2.24, 2.45) is 0 Å². The zero-order chi connectivity index (χ0) is 19.6. The fraction of sp³-hybridized carbons (Fsp3) is 0.263. The molecule has 9 heteroatoms. The lowest BCUT2D eigenvalue weighted by Crippen LogP contribution is -2.40. The Labute approximate surface area is 162 Å². The molecule has 2 aromatic heterocycles. The number of rotatable bonds is 5. The maximum Gasteiger partial charge on any atom is 0.251 e. The van der Waals surface area contributed by atoms with Crippen LogP contribution in [0.15, 0.2) is 59.6 Å². The third kappa shape index (κ3) is 3.77. The molecule has 1 aromatic carbocycles. The number of benzene rings is 1. The van der Waals surface area contributed by atoms with Crippen LogP contribution in [0.4, 0.5) is 0 Å². The second kappa shape index (κ2) is 7.70. The van der Waals surface area contributed by atoms with E-state index in [2.05, 4.69) is 10.4 Å². The molecule has 4 rings (SSSR count). The van der Waals surface area contributed by atoms with Crippen molar-refractivity contribution in [2.75, 3.05) is 26.3 Å². The van der Waals surface area contributed by atoms with Gasteiger partial charge in [-0.2, -0.15) is 9.40 Å². The van der Waals surface area contributed by atoms with Crippen LogP contribution in [0.25, 0.3) is 5.52 Å². The summed E-state index contributed by atoms with van der Waals surface area (Å²) < 4.78 is 33.6. The molecule has 1 aliphatic rings. The minimum absolute atomic E-state index is 0.173. The zero-order valence-corrected chi connectivity index (χ0v) is 15.9. The highest BCUT2D eigenvalue weighted by Gasteiger charge is 2.26. The van der Waals surface area contributed by atoms with Gasteiger partial charge in [0.15, 0.2) is 0 Å². The molecule has 1 saturated heterocycles. The van der Waals surface area contributed by atoms with E-state index in [1.54, 1.807) is 4.52 Å². The van der Waals surface area contributed by atoms with Crippen LogP contribution in [0, 0.1) is 0 Å². The minimum Gasteiger partial charge on any atom is -0.379 e. The smallest absolute Gasteiger partial charge is 0.251 e. The molecule has 146 valence electrons. The van der Waals surface area contributed by atoms with Gasteiger partial charge >= 0.3 is 0 Å². The van der Waals surface area contributed by atoms with E-state index in [4.69, 9.17) is 4.74 Å². The third-order valence-electron chi connectivity index (χ3n) is 4.57. The van der Waals surface area contributed by atoms with E-state index in [-0.39, 0.29) is 17.3 Å². The average Bonchev–Trinajstić information content (AvgIpc) is 3.16. The molecule has 3 heterocycles. The molecule has 1 aliphatic heterocycles. The third-order valence-corrected chi connectivity index (χ3v) is 6.49. The lowest BCUT2D eigenvalue weighted by Gasteiger charge is -2.26. The van der Waals surface area contributed by atoms with Crippen LogP contribution in [0.2, 0.25) is 0 Å². The Bertz CT molecular complexity index is 1050. The molecule has 0 bridgehead atoms. The monoisotopic (exact) mass is 400 g/mol. The number of morpholine rings is 1. The molecule has 1 N–H and O–H groups in total. The Kier molecular flexibility index (Phi) is 5.12. The van der Waals surface area contributed by atoms with Gasteiger partial charge in [-0.15, -0.1) is 0 Å². The van der Waals surface area contributed by atoms with E-state index in [0.29, 0.717) is 31.9 Å². The number of nitrogens with one attached hydrogen (secondary N) is 1. The van der Waals surface area contributed by atoms with Crippen molar-refractivity contribution in [3.8, 4) is 0 Å². The molecule has 0 spiro atoms. The summed E-state index contributed by atoms with van der Waals surface area (Å²) in [6, 6.07) is 13.6. The Morgan fingerprint density at radius 3 is 2.57 bits per heavy atom. The highest BCUT2D eigenvalue weighted by atomic mass is 32.2. The number of sulfonamides is 1. The maximum atomic E-state index is 12.6. The number of hydrogen-bond acceptors (Lipinski definition) is 5. The summed E-state index contributed by atoms with van der Waals surface area (Å²) in [6.45, 7) is 1.74. The molecule has 0 saturated carbocycles. The molecule has 1 amide bonds. The second-order valence-corrected chi connectivity index (χ2v) is 8.37. The molecule has 28 heavy (non-hydrogen) atoms. The molecule has 8 nitrogen and oxygen atoms in total. The fourth-order valence-corrected chi connectivity index (χ4v) is 4.47. The van der Waals surface area contributed by atoms with Gasteiger partial charge in [0.1, 0.15) is 0 Å². The predicted octanol–water partition coefficient (Wildman–Crippen LogP) is 1.29. The number of pyridine rings is 1. The number of aromatic nitrogens is 2. The van der Waals surface area contributed by atoms with Crippen LogP contribution < -0.4 is 5.32 Å². The number of fused-ring (bicyclic) bond motifs is 1. The quantitative estimate of drug-likeness (QED) is 0.697. The van der Waals surface area contributed by atoms with Gasteiger partial charge in [0.25, 0.3) is 5.91 Å². The number of nitrogens with zero attached hydrogens (tertiary/aromatic N) is 3. The SMILES string of the molecule is O=C(NCc1cc2ccccn2n1)c1ccc(S(=O)(=O)N2CCOCC2)cc1. The van der Waals surface area contributed by atoms with Gasteiger partial charge in [0, 0.05) is 24.8 Å². The molecule has 0 aliphatic carbocycles. The topological polar surface area (TPSA) is 93.0 Å². The van der Waals surface area contributed by atoms with Gasteiger partial charge in [0.2, 0.25) is 10.0 Å². The first-order valence-electron chi connectivity index (χ1n) is 8.93. The van der Waals surface area contributed by atoms with Crippen LogP contribution in [-0.2, 0) is 21.3 Å². The van der Waals surface area contributed by atoms with Crippen LogP contribution in [0.3, 0.4) is 0 Å². The molecule has 3 aromatic rings. The summed E-state index contributed by atoms with van der Waals surface area (Å²) in [5.74, 6) is -0.285. The van der Waals surface area contributed by atoms with Gasteiger partial charge in [-0.1, -0.05) is 6.07 Å². The second-order valence-electron chi connectivity index (χ2n) is 6.43. The van der Waals surface area contributed by atoms with Crippen LogP contribution in [-0.4, -0.2) is 54.5 Å². The molecule has 1 fully saturated rings. The Balaban J connectivity index is 1.42. The summed E-state index contributed by atoms with van der Waals surface area (Å²) in [6.07, 6.45) is 1.84. The Morgan fingerprint density at radius 2 is 1.86 bits per heavy atom. The number of hydrogen-bond donors (Lipinski definition) is 1. The normalized spacial score (nSPS) is 15.6. The van der Waals surface area contributed by atoms with E-state index >= 15 is 0 Å². The molecule has 0 unspecified atom stereocenters. The van der Waals surface area contributed by atoms with E-state index in [1.807, 2.05) is 30.5 Å². The van der Waals surface area contributed by atoms with Crippen LogP contribution in [0.1, 0.15) is 16.1 Å². The van der Waals surface area contributed by atoms with Gasteiger partial charge in [-0.25, -0.2) is 12.9 Å². The van der Waals surface area contributed by atoms with Gasteiger partial charge < -0.3 is 10.1 Å². The number of carbonyl (C=O) groups excluding carboxylic acids is 1. The number of ether oxygens (including phenoxy) is 1. The molecule has 0 radical (unpaired) electrons. The van der Waals surface area contributed by atoms with Crippen molar-refractivity contribution < 1.29 is 17.9 Å². The van der Waals surface area contributed by atoms with Gasteiger partial charge in [0.05, 0.1) is 35.9 Å². The highest BCUT2D eigenvalue weighted by Crippen LogP contribution is 2.17. The number of amides is 1. The van der Waals surface area contributed by atoms with Crippen molar-refractivity contribution in [3.05, 3.63) is 66.0 Å².